The van der Waals surface area contributed by atoms with Gasteiger partial charge in [-0.05, 0) is 88.7 Å². The average Bonchev–Trinajstić information content (AvgIpc) is 1.28. The number of carbonyl (C=O) groups is 13. The van der Waals surface area contributed by atoms with E-state index in [-0.39, 0.29) is 32.4 Å². The highest BCUT2D eigenvalue weighted by molar-refractivity contribution is 5.99. The summed E-state index contributed by atoms with van der Waals surface area (Å²) in [5.74, 6) is -13.4. The Morgan fingerprint density at radius 2 is 1.11 bits per heavy atom. The molecule has 1 saturated heterocycles. The minimum atomic E-state index is -1.84. The molecule has 0 radical (unpaired) electrons. The maximum absolute atomic E-state index is 14.4. The lowest BCUT2D eigenvalue weighted by atomic mass is 9.94. The van der Waals surface area contributed by atoms with Crippen molar-refractivity contribution in [2.75, 3.05) is 33.4 Å². The van der Waals surface area contributed by atoms with E-state index in [1.807, 2.05) is 37.3 Å². The number of carbonyl (C=O) groups excluding carboxylic acids is 13. The van der Waals surface area contributed by atoms with Crippen LogP contribution < -0.4 is 75.3 Å². The van der Waals surface area contributed by atoms with E-state index in [1.54, 1.807) is 62.4 Å². The molecule has 31 nitrogen and oxygen atoms in total. The highest BCUT2D eigenvalue weighted by Crippen LogP contribution is 2.18. The summed E-state index contributed by atoms with van der Waals surface area (Å²) in [6.45, 7) is 16.2. The lowest BCUT2D eigenvalue weighted by molar-refractivity contribution is -0.157. The zero-order valence-corrected chi connectivity index (χ0v) is 56.5. The molecule has 0 bridgehead atoms. The number of amides is 12. The van der Waals surface area contributed by atoms with Crippen molar-refractivity contribution in [3.05, 3.63) is 35.9 Å². The molecule has 1 aliphatic heterocycles. The Hall–Kier alpha value is -8.03. The number of hydrogen-bond donors (Lipinski definition) is 16. The van der Waals surface area contributed by atoms with Crippen LogP contribution in [0.4, 0.5) is 4.79 Å². The van der Waals surface area contributed by atoms with Crippen LogP contribution >= 0.6 is 0 Å². The second-order valence-electron chi connectivity index (χ2n) is 24.1. The Morgan fingerprint density at radius 3 is 1.60 bits per heavy atom. The molecule has 1 unspecified atom stereocenters. The zero-order chi connectivity index (χ0) is 70.9. The molecule has 0 aromatic heterocycles. The molecule has 12 amide bonds. The number of hydrogen-bond acceptors (Lipinski definition) is 19. The van der Waals surface area contributed by atoms with E-state index in [0.29, 0.717) is 38.5 Å². The van der Waals surface area contributed by atoms with Crippen molar-refractivity contribution in [2.45, 2.75) is 225 Å². The van der Waals surface area contributed by atoms with Gasteiger partial charge < -0.3 is 95.0 Å². The van der Waals surface area contributed by atoms with Gasteiger partial charge in [-0.1, -0.05) is 118 Å². The highest BCUT2D eigenvalue weighted by Gasteiger charge is 2.41. The molecule has 31 heteroatoms. The van der Waals surface area contributed by atoms with Crippen molar-refractivity contribution < 1.29 is 82.0 Å². The zero-order valence-electron chi connectivity index (χ0n) is 56.5. The Bertz CT molecular complexity index is 2670. The van der Waals surface area contributed by atoms with Gasteiger partial charge in [-0.15, -0.1) is 0 Å². The van der Waals surface area contributed by atoms with Crippen LogP contribution in [0.2, 0.25) is 0 Å². The summed E-state index contributed by atoms with van der Waals surface area (Å²) in [6, 6.07) is -6.52. The number of nitrogens with two attached hydrogens (primary N) is 2. The molecule has 1 heterocycles. The number of cyclic esters (lactones) is 1. The van der Waals surface area contributed by atoms with E-state index >= 15 is 0 Å². The Morgan fingerprint density at radius 1 is 0.606 bits per heavy atom. The summed E-state index contributed by atoms with van der Waals surface area (Å²) in [6.07, 6.45) is -0.755. The normalized spacial score (nSPS) is 20.8. The Labute approximate surface area is 550 Å². The summed E-state index contributed by atoms with van der Waals surface area (Å²) >= 11 is 0. The third-order valence-corrected chi connectivity index (χ3v) is 17.0. The first-order valence-electron chi connectivity index (χ1n) is 32.6. The van der Waals surface area contributed by atoms with Gasteiger partial charge in [0.2, 0.25) is 65.0 Å². The van der Waals surface area contributed by atoms with Gasteiger partial charge in [0.1, 0.15) is 72.6 Å². The van der Waals surface area contributed by atoms with Crippen LogP contribution in [0.25, 0.3) is 0 Å². The van der Waals surface area contributed by atoms with Crippen molar-refractivity contribution >= 4 is 77.0 Å². The van der Waals surface area contributed by atoms with Gasteiger partial charge in [-0.2, -0.15) is 0 Å². The SMILES string of the molecule is CCC(CN)OC(=O)NCCCC[C@@H]1NC(=O)[C@H](C)NC(=O)[C@H](NC(=O)[C@H](CO)NC(=O)[C@@H](NC(=O)[C@H](NC(=O)[C@@H](CCC(N)=O)NC(=O)[C@H](CO)NC(=O)[C@@H](NC(=O)[C@@H](Cc2ccccc2)NC)[C@@H](C)CC)[C@H](C)CC)[C@@H](C)CC)[C@H](C)OC(=O)[C@H]([C@@H](C)CC)NC1=O. The average molecular weight is 1330 g/mol. The molecule has 18 N–H and O–H groups in total. The topological polar surface area (TPSA) is 477 Å². The quantitative estimate of drug-likeness (QED) is 0.0244. The number of unbranched alkanes of at least 4 members (excludes halogenated alkanes) is 1. The van der Waals surface area contributed by atoms with Gasteiger partial charge in [0.05, 0.1) is 19.3 Å². The molecule has 1 aromatic carbocycles. The van der Waals surface area contributed by atoms with E-state index < -0.39 is 205 Å². The fraction of sp³-hybridized carbons (Fsp3) is 0.698. The second-order valence-corrected chi connectivity index (χ2v) is 24.1. The number of primary amides is 1. The van der Waals surface area contributed by atoms with Crippen LogP contribution in [0.1, 0.15) is 146 Å². The van der Waals surface area contributed by atoms with Crippen LogP contribution in [0, 0.1) is 23.7 Å². The fourth-order valence-corrected chi connectivity index (χ4v) is 9.76. The first-order valence-corrected chi connectivity index (χ1v) is 32.6. The number of alkyl carbamates (subject to hydrolysis) is 1. The third kappa shape index (κ3) is 26.8. The number of aliphatic hydroxyl groups is 2. The molecule has 2 rings (SSSR count). The van der Waals surface area contributed by atoms with E-state index in [9.17, 15) is 72.5 Å². The van der Waals surface area contributed by atoms with Crippen LogP contribution in [0.5, 0.6) is 0 Å². The van der Waals surface area contributed by atoms with Crippen molar-refractivity contribution in [1.82, 2.24) is 63.8 Å². The molecule has 17 atom stereocenters. The van der Waals surface area contributed by atoms with Crippen molar-refractivity contribution in [3.63, 3.8) is 0 Å². The second kappa shape index (κ2) is 42.3. The van der Waals surface area contributed by atoms with Crippen molar-refractivity contribution in [2.24, 2.45) is 35.1 Å². The molecule has 0 saturated carbocycles. The smallest absolute Gasteiger partial charge is 0.407 e. The predicted molar refractivity (Wildman–Crippen MR) is 345 cm³/mol. The number of aliphatic hydroxyl groups excluding tert-OH is 2. The highest BCUT2D eigenvalue weighted by atomic mass is 16.6. The third-order valence-electron chi connectivity index (χ3n) is 17.0. The van der Waals surface area contributed by atoms with E-state index in [1.165, 1.54) is 13.8 Å². The number of ether oxygens (including phenoxy) is 2. The van der Waals surface area contributed by atoms with Gasteiger partial charge in [-0.3, -0.25) is 52.7 Å². The van der Waals surface area contributed by atoms with Gasteiger partial charge in [0.15, 0.2) is 0 Å². The number of nitrogens with one attached hydrogen (secondary N) is 12. The van der Waals surface area contributed by atoms with Gasteiger partial charge >= 0.3 is 12.1 Å². The molecule has 1 fully saturated rings. The standard InChI is InChI=1S/C63H106N14O17/c1-13-33(6)47(74-55(84)43(66-12)29-39-23-19-18-20-24-39)58(87)71-44(31-78)56(85)70-42(26-27-46(65)80)54(83)73-49(35(8)15-3)60(89)75-48(34(7)14-2)59(88)72-45(32-79)57(86)77-51-38(11)93-62(91)50(36(9)16-4)76-53(82)41(69-52(81)37(10)68-61(51)90)25-21-22-28-67-63(92)94-40(17-5)30-64/h18-20,23-24,33-38,40-45,47-51,66,78-79H,13-17,21-22,25-32,64H2,1-12H3,(H2,65,80)(H,67,92)(H,68,90)(H,69,81)(H,70,85)(H,71,87)(H,72,88)(H,73,83)(H,74,84)(H,75,89)(H,76,82)(H,77,86)/t33-,34-,35+,36-,37-,38-,40?,41-,42+,43+,44-,45-,47-,48-,49+,50-,51+/m0/s1. The molecule has 0 aliphatic carbocycles. The fourth-order valence-electron chi connectivity index (χ4n) is 9.76. The molecule has 94 heavy (non-hydrogen) atoms. The Kier molecular flexibility index (Phi) is 37.0. The lowest BCUT2D eigenvalue weighted by Gasteiger charge is -2.31. The minimum absolute atomic E-state index is 0.0382. The number of benzene rings is 1. The molecule has 1 aromatic rings. The molecule has 530 valence electrons. The van der Waals surface area contributed by atoms with Crippen molar-refractivity contribution in [1.29, 1.82) is 0 Å². The van der Waals surface area contributed by atoms with Crippen LogP contribution in [-0.2, 0) is 73.4 Å². The van der Waals surface area contributed by atoms with Crippen LogP contribution in [0.3, 0.4) is 0 Å². The Balaban J connectivity index is 2.38. The first-order chi connectivity index (χ1) is 44.5. The summed E-state index contributed by atoms with van der Waals surface area (Å²) in [5.41, 5.74) is 11.9. The lowest BCUT2D eigenvalue weighted by Crippen LogP contribution is -2.63. The summed E-state index contributed by atoms with van der Waals surface area (Å²) in [4.78, 5) is 178. The monoisotopic (exact) mass is 1330 g/mol. The summed E-state index contributed by atoms with van der Waals surface area (Å²) in [5, 5.41) is 52.0. The van der Waals surface area contributed by atoms with Crippen LogP contribution in [-0.4, -0.2) is 199 Å². The number of esters is 1. The minimum Gasteiger partial charge on any atom is -0.458 e. The number of rotatable bonds is 38. The first kappa shape index (κ1) is 82.1. The van der Waals surface area contributed by atoms with E-state index in [0.717, 1.165) is 5.56 Å². The largest absolute Gasteiger partial charge is 0.458 e. The van der Waals surface area contributed by atoms with Gasteiger partial charge in [0.25, 0.3) is 0 Å². The van der Waals surface area contributed by atoms with E-state index in [4.69, 9.17) is 20.9 Å². The van der Waals surface area contributed by atoms with Crippen molar-refractivity contribution in [3.8, 4) is 0 Å². The molecule has 0 spiro atoms. The maximum Gasteiger partial charge on any atom is 0.407 e. The summed E-state index contributed by atoms with van der Waals surface area (Å²) < 4.78 is 11.0. The van der Waals surface area contributed by atoms with Gasteiger partial charge in [0, 0.05) is 19.5 Å². The van der Waals surface area contributed by atoms with E-state index in [2.05, 4.69) is 63.8 Å². The predicted octanol–water partition coefficient (Wildman–Crippen LogP) is -2.30. The van der Waals surface area contributed by atoms with Crippen LogP contribution in [0.15, 0.2) is 30.3 Å². The molecular weight excluding hydrogens is 1220 g/mol. The summed E-state index contributed by atoms with van der Waals surface area (Å²) in [7, 11) is 1.59. The molecule has 1 aliphatic rings. The number of likely N-dealkylation sites (N-methyl/N-ethyl adjacent to an activating group) is 1. The molecular formula is C63H106N14O17. The van der Waals surface area contributed by atoms with Gasteiger partial charge in [-0.25, -0.2) is 9.59 Å². The maximum atomic E-state index is 14.4.